The molecule has 10 heteroatoms. The molecule has 282 valence electrons. The first-order valence-electron chi connectivity index (χ1n) is 19.4. The first-order valence-corrected chi connectivity index (χ1v) is 19.4. The Morgan fingerprint density at radius 2 is 1.03 bits per heavy atom. The van der Waals surface area contributed by atoms with Gasteiger partial charge < -0.3 is 42.3 Å². The summed E-state index contributed by atoms with van der Waals surface area (Å²) < 4.78 is 47.9. The second-order valence-corrected chi connectivity index (χ2v) is 14.9. The minimum atomic E-state index is -0.235. The highest BCUT2D eigenvalue weighted by molar-refractivity contribution is 6.99. The number of benzene rings is 7. The molecule has 0 saturated carbocycles. The fraction of sp³-hybridized carbons (Fsp3) is 0.125. The molecule has 0 spiro atoms. The quantitative estimate of drug-likeness (QED) is 0.0783. The fourth-order valence-electron chi connectivity index (χ4n) is 9.49. The summed E-state index contributed by atoms with van der Waals surface area (Å²) in [4.78, 5) is 0. The molecule has 0 bridgehead atoms. The summed E-state index contributed by atoms with van der Waals surface area (Å²) in [5.74, 6) is 4.40. The van der Waals surface area contributed by atoms with Gasteiger partial charge in [0.1, 0.15) is 48.1 Å². The van der Waals surface area contributed by atoms with Gasteiger partial charge in [0.05, 0.1) is 41.0 Å². The topological polar surface area (TPSA) is 74.5 Å². The number of para-hydroxylation sites is 3. The van der Waals surface area contributed by atoms with E-state index < -0.39 is 0 Å². The van der Waals surface area contributed by atoms with Gasteiger partial charge >= 0.3 is 0 Å². The molecule has 0 radical (unpaired) electrons. The van der Waals surface area contributed by atoms with Gasteiger partial charge in [-0.25, -0.2) is 0 Å². The van der Waals surface area contributed by atoms with Crippen LogP contribution in [-0.4, -0.2) is 43.7 Å². The molecular formula is C48H35BN2O7. The van der Waals surface area contributed by atoms with Crippen LogP contribution in [0, 0.1) is 0 Å². The average Bonchev–Trinajstić information content (AvgIpc) is 3.76. The lowest BCUT2D eigenvalue weighted by molar-refractivity contribution is -0.0411. The van der Waals surface area contributed by atoms with Crippen molar-refractivity contribution in [2.75, 3.05) is 27.8 Å². The number of rotatable bonds is 10. The third-order valence-electron chi connectivity index (χ3n) is 11.7. The minimum Gasteiger partial charge on any atom is -0.458 e. The van der Waals surface area contributed by atoms with Gasteiger partial charge in [-0.1, -0.05) is 60.7 Å². The lowest BCUT2D eigenvalue weighted by atomic mass is 9.33. The van der Waals surface area contributed by atoms with Crippen molar-refractivity contribution >= 4 is 66.7 Å². The highest BCUT2D eigenvalue weighted by Gasteiger charge is 2.48. The molecule has 0 aliphatic carbocycles. The Labute approximate surface area is 333 Å². The van der Waals surface area contributed by atoms with Crippen molar-refractivity contribution in [3.8, 4) is 45.9 Å². The van der Waals surface area contributed by atoms with E-state index in [0.717, 1.165) is 89.3 Å². The molecular weight excluding hydrogens is 727 g/mol. The lowest BCUT2D eigenvalue weighted by Gasteiger charge is -2.39. The SMILES string of the molecule is COCOCc1cc(COCOC)c2c3c1Oc1cccc4c1B3c1c(ccc(-n3c5ccccc5c5cc6c7ccccc7n(-c7ccccc7)c6cc53)c1O4)O2. The van der Waals surface area contributed by atoms with Gasteiger partial charge in [0.25, 0.3) is 6.71 Å². The van der Waals surface area contributed by atoms with E-state index in [0.29, 0.717) is 11.5 Å². The Kier molecular flexibility index (Phi) is 7.52. The molecule has 7 aromatic carbocycles. The normalized spacial score (nSPS) is 13.2. The van der Waals surface area contributed by atoms with Crippen LogP contribution in [0.5, 0.6) is 34.5 Å². The van der Waals surface area contributed by atoms with Crippen LogP contribution in [0.1, 0.15) is 11.1 Å². The highest BCUT2D eigenvalue weighted by atomic mass is 16.7. The Balaban J connectivity index is 1.13. The molecule has 0 saturated heterocycles. The summed E-state index contributed by atoms with van der Waals surface area (Å²) >= 11 is 0. The third-order valence-corrected chi connectivity index (χ3v) is 11.7. The molecule has 5 heterocycles. The molecule has 12 rings (SSSR count). The van der Waals surface area contributed by atoms with E-state index in [-0.39, 0.29) is 33.5 Å². The number of ether oxygens (including phenoxy) is 7. The van der Waals surface area contributed by atoms with Crippen LogP contribution in [0.15, 0.2) is 127 Å². The Morgan fingerprint density at radius 3 is 1.69 bits per heavy atom. The van der Waals surface area contributed by atoms with E-state index in [4.69, 9.17) is 33.2 Å². The molecule has 9 aromatic rings. The Hall–Kier alpha value is -6.56. The van der Waals surface area contributed by atoms with E-state index in [1.54, 1.807) is 14.2 Å². The third kappa shape index (κ3) is 4.74. The maximum atomic E-state index is 7.08. The number of hydrogen-bond acceptors (Lipinski definition) is 7. The predicted molar refractivity (Wildman–Crippen MR) is 226 cm³/mol. The van der Waals surface area contributed by atoms with Crippen LogP contribution in [-0.2, 0) is 32.2 Å². The lowest BCUT2D eigenvalue weighted by Crippen LogP contribution is -2.60. The number of methoxy groups -OCH3 is 2. The fourth-order valence-corrected chi connectivity index (χ4v) is 9.49. The average molecular weight is 763 g/mol. The Morgan fingerprint density at radius 1 is 0.466 bits per heavy atom. The minimum absolute atomic E-state index is 0.147. The van der Waals surface area contributed by atoms with Gasteiger partial charge in [0.2, 0.25) is 0 Å². The molecule has 3 aliphatic rings. The number of nitrogens with zero attached hydrogens (tertiary/aromatic N) is 2. The summed E-state index contributed by atoms with van der Waals surface area (Å²) in [5, 5.41) is 4.74. The number of hydrogen-bond donors (Lipinski definition) is 0. The van der Waals surface area contributed by atoms with Crippen LogP contribution < -0.4 is 30.6 Å². The van der Waals surface area contributed by atoms with Gasteiger partial charge in [0.15, 0.2) is 0 Å². The zero-order valence-corrected chi connectivity index (χ0v) is 31.8. The van der Waals surface area contributed by atoms with Crippen molar-refractivity contribution in [1.29, 1.82) is 0 Å². The van der Waals surface area contributed by atoms with E-state index in [2.05, 4.69) is 112 Å². The summed E-state index contributed by atoms with van der Waals surface area (Å²) in [6.45, 7) is 0.617. The van der Waals surface area contributed by atoms with Crippen LogP contribution in [0.3, 0.4) is 0 Å². The van der Waals surface area contributed by atoms with Gasteiger partial charge in [-0.15, -0.1) is 0 Å². The summed E-state index contributed by atoms with van der Waals surface area (Å²) in [6.07, 6.45) is 0. The molecule has 58 heavy (non-hydrogen) atoms. The van der Waals surface area contributed by atoms with Gasteiger partial charge in [-0.05, 0) is 66.7 Å². The number of aromatic nitrogens is 2. The maximum absolute atomic E-state index is 7.08. The smallest absolute Gasteiger partial charge is 0.270 e. The Bertz CT molecular complexity index is 3130. The first kappa shape index (κ1) is 33.6. The van der Waals surface area contributed by atoms with Crippen LogP contribution in [0.25, 0.3) is 55.0 Å². The summed E-state index contributed by atoms with van der Waals surface area (Å²) in [7, 11) is 3.23. The molecule has 0 fully saturated rings. The van der Waals surface area contributed by atoms with Crippen molar-refractivity contribution in [3.05, 3.63) is 139 Å². The van der Waals surface area contributed by atoms with Crippen molar-refractivity contribution < 1.29 is 33.2 Å². The molecule has 0 unspecified atom stereocenters. The standard InChI is InChI=1S/C48H35BN2O7/c1-52-26-54-24-28-21-29(25-55-27-53-2)47-45-46(28)56-40-17-10-18-41-43(40)49(45)44-42(57-47)20-19-37(48(44)58-41)51-36-16-9-7-14-32(36)34-22-33-31-13-6-8-15-35(31)50(38(33)23-39(34)51)30-11-4-3-5-12-30/h3-23H,24-27H2,1-2H3. The van der Waals surface area contributed by atoms with Gasteiger partial charge in [-0.2, -0.15) is 0 Å². The van der Waals surface area contributed by atoms with Crippen molar-refractivity contribution in [2.24, 2.45) is 0 Å². The monoisotopic (exact) mass is 762 g/mol. The molecule has 0 atom stereocenters. The van der Waals surface area contributed by atoms with Crippen LogP contribution in [0.4, 0.5) is 0 Å². The van der Waals surface area contributed by atoms with Crippen molar-refractivity contribution in [1.82, 2.24) is 9.13 Å². The van der Waals surface area contributed by atoms with Gasteiger partial charge in [0, 0.05) is 69.0 Å². The van der Waals surface area contributed by atoms with Crippen LogP contribution in [0.2, 0.25) is 0 Å². The molecule has 3 aliphatic heterocycles. The number of fused-ring (bicyclic) bond motifs is 6. The zero-order valence-electron chi connectivity index (χ0n) is 31.8. The second kappa shape index (κ2) is 13.0. The second-order valence-electron chi connectivity index (χ2n) is 14.9. The molecule has 0 amide bonds. The first-order chi connectivity index (χ1) is 28.7. The van der Waals surface area contributed by atoms with E-state index in [1.165, 1.54) is 16.2 Å². The van der Waals surface area contributed by atoms with Crippen molar-refractivity contribution in [3.63, 3.8) is 0 Å². The summed E-state index contributed by atoms with van der Waals surface area (Å²) in [5.41, 5.74) is 11.1. The molecule has 0 N–H and O–H groups in total. The molecule has 2 aromatic heterocycles. The highest BCUT2D eigenvalue weighted by Crippen LogP contribution is 2.48. The molecule has 9 nitrogen and oxygen atoms in total. The maximum Gasteiger partial charge on any atom is 0.270 e. The summed E-state index contributed by atoms with van der Waals surface area (Å²) in [6, 6.07) is 44.9. The van der Waals surface area contributed by atoms with Crippen molar-refractivity contribution in [2.45, 2.75) is 13.2 Å². The van der Waals surface area contributed by atoms with Crippen LogP contribution >= 0.6 is 0 Å². The van der Waals surface area contributed by atoms with Gasteiger partial charge in [-0.3, -0.25) is 0 Å². The van der Waals surface area contributed by atoms with E-state index in [1.807, 2.05) is 24.3 Å². The zero-order chi connectivity index (χ0) is 38.5. The van der Waals surface area contributed by atoms with E-state index in [9.17, 15) is 0 Å². The largest absolute Gasteiger partial charge is 0.458 e. The predicted octanol–water partition coefficient (Wildman–Crippen LogP) is 8.96. The van der Waals surface area contributed by atoms with E-state index >= 15 is 0 Å².